The van der Waals surface area contributed by atoms with E-state index in [4.69, 9.17) is 32.7 Å². The van der Waals surface area contributed by atoms with Gasteiger partial charge >= 0.3 is 0 Å². The highest BCUT2D eigenvalue weighted by atomic mass is 35.5. The van der Waals surface area contributed by atoms with Crippen LogP contribution >= 0.6 is 23.2 Å². The Balaban J connectivity index is 2.33. The van der Waals surface area contributed by atoms with E-state index in [1.165, 1.54) is 39.3 Å². The maximum Gasteiger partial charge on any atom is 0.244 e. The van der Waals surface area contributed by atoms with Crippen LogP contribution in [0.4, 0.5) is 5.69 Å². The van der Waals surface area contributed by atoms with Gasteiger partial charge in [-0.2, -0.15) is 0 Å². The van der Waals surface area contributed by atoms with Crippen LogP contribution in [0.15, 0.2) is 36.4 Å². The van der Waals surface area contributed by atoms with Gasteiger partial charge in [-0.1, -0.05) is 23.2 Å². The summed E-state index contributed by atoms with van der Waals surface area (Å²) in [6.07, 6.45) is 1.02. The number of sulfonamides is 1. The van der Waals surface area contributed by atoms with E-state index in [9.17, 15) is 13.2 Å². The van der Waals surface area contributed by atoms with Crippen molar-refractivity contribution in [1.29, 1.82) is 0 Å². The van der Waals surface area contributed by atoms with Gasteiger partial charge in [0.15, 0.2) is 0 Å². The molecule has 2 atom stereocenters. The molecule has 30 heavy (non-hydrogen) atoms. The molecule has 0 saturated heterocycles. The third-order valence-corrected chi connectivity index (χ3v) is 6.49. The Morgan fingerprint density at radius 3 is 2.23 bits per heavy atom. The number of nitrogens with one attached hydrogen (secondary N) is 1. The molecule has 1 N–H and O–H groups in total. The lowest BCUT2D eigenvalue weighted by Gasteiger charge is -2.29. The molecule has 2 unspecified atom stereocenters. The van der Waals surface area contributed by atoms with Crippen molar-refractivity contribution in [3.05, 3.63) is 52.0 Å². The van der Waals surface area contributed by atoms with E-state index in [-0.39, 0.29) is 15.7 Å². The SMILES string of the molecule is COc1ccc(OC)c(C(C)NC(=O)C(C)N(c2ccc(Cl)c(Cl)c2)S(C)(=O)=O)c1. The molecule has 0 heterocycles. The molecule has 0 aliphatic rings. The largest absolute Gasteiger partial charge is 0.497 e. The van der Waals surface area contributed by atoms with Gasteiger partial charge in [0.2, 0.25) is 15.9 Å². The number of amides is 1. The molecule has 0 fully saturated rings. The zero-order valence-corrected chi connectivity index (χ0v) is 19.6. The number of ether oxygens (including phenoxy) is 2. The van der Waals surface area contributed by atoms with Crippen LogP contribution in [0, 0.1) is 0 Å². The predicted octanol–water partition coefficient (Wildman–Crippen LogP) is 4.04. The van der Waals surface area contributed by atoms with Crippen molar-refractivity contribution in [3.63, 3.8) is 0 Å². The van der Waals surface area contributed by atoms with Crippen molar-refractivity contribution < 1.29 is 22.7 Å². The number of hydrogen-bond acceptors (Lipinski definition) is 5. The summed E-state index contributed by atoms with van der Waals surface area (Å²) in [7, 11) is -0.724. The molecule has 1 amide bonds. The molecule has 0 radical (unpaired) electrons. The molecule has 0 aliphatic carbocycles. The smallest absolute Gasteiger partial charge is 0.244 e. The van der Waals surface area contributed by atoms with E-state index >= 15 is 0 Å². The third kappa shape index (κ3) is 5.50. The number of halogens is 2. The molecular weight excluding hydrogens is 451 g/mol. The monoisotopic (exact) mass is 474 g/mol. The first-order valence-corrected chi connectivity index (χ1v) is 11.6. The van der Waals surface area contributed by atoms with Crippen LogP contribution in [0.3, 0.4) is 0 Å². The van der Waals surface area contributed by atoms with Crippen molar-refractivity contribution in [3.8, 4) is 11.5 Å². The second-order valence-corrected chi connectivity index (χ2v) is 9.35. The standard InChI is InChI=1S/C20H24Cl2N2O5S/c1-12(16-11-15(28-3)7-9-19(16)29-4)23-20(25)13(2)24(30(5,26)27)14-6-8-17(21)18(22)10-14/h6-13H,1-5H3,(H,23,25). The fourth-order valence-electron chi connectivity index (χ4n) is 3.02. The Kier molecular flexibility index (Phi) is 7.85. The van der Waals surface area contributed by atoms with E-state index in [2.05, 4.69) is 5.32 Å². The third-order valence-electron chi connectivity index (χ3n) is 4.51. The molecular formula is C20H24Cl2N2O5S. The quantitative estimate of drug-likeness (QED) is 0.623. The first-order chi connectivity index (χ1) is 14.0. The first-order valence-electron chi connectivity index (χ1n) is 8.96. The second-order valence-electron chi connectivity index (χ2n) is 6.67. The highest BCUT2D eigenvalue weighted by Crippen LogP contribution is 2.31. The summed E-state index contributed by atoms with van der Waals surface area (Å²) < 4.78 is 36.5. The first kappa shape index (κ1) is 24.1. The molecule has 2 aromatic carbocycles. The normalized spacial score (nSPS) is 13.3. The van der Waals surface area contributed by atoms with Crippen molar-refractivity contribution in [2.75, 3.05) is 24.8 Å². The highest BCUT2D eigenvalue weighted by molar-refractivity contribution is 7.92. The van der Waals surface area contributed by atoms with Crippen molar-refractivity contribution in [2.45, 2.75) is 25.9 Å². The molecule has 0 bridgehead atoms. The average molecular weight is 475 g/mol. The van der Waals surface area contributed by atoms with Gasteiger partial charge in [0.25, 0.3) is 0 Å². The lowest BCUT2D eigenvalue weighted by Crippen LogP contribution is -2.48. The van der Waals surface area contributed by atoms with Crippen LogP contribution < -0.4 is 19.1 Å². The number of anilines is 1. The lowest BCUT2D eigenvalue weighted by atomic mass is 10.1. The number of nitrogens with zero attached hydrogens (tertiary/aromatic N) is 1. The zero-order valence-electron chi connectivity index (χ0n) is 17.3. The average Bonchev–Trinajstić information content (AvgIpc) is 2.68. The summed E-state index contributed by atoms with van der Waals surface area (Å²) in [5.41, 5.74) is 0.930. The minimum absolute atomic E-state index is 0.185. The minimum atomic E-state index is -3.79. The number of hydrogen-bond donors (Lipinski definition) is 1. The summed E-state index contributed by atoms with van der Waals surface area (Å²) in [6, 6.07) is 8.09. The van der Waals surface area contributed by atoms with E-state index in [0.29, 0.717) is 17.1 Å². The number of methoxy groups -OCH3 is 2. The summed E-state index contributed by atoms with van der Waals surface area (Å²) >= 11 is 12.0. The van der Waals surface area contributed by atoms with Crippen LogP contribution in [0.1, 0.15) is 25.5 Å². The minimum Gasteiger partial charge on any atom is -0.497 e. The van der Waals surface area contributed by atoms with Crippen LogP contribution in [0.5, 0.6) is 11.5 Å². The van der Waals surface area contributed by atoms with Gasteiger partial charge in [-0.05, 0) is 50.2 Å². The number of rotatable bonds is 8. The molecule has 10 heteroatoms. The Bertz CT molecular complexity index is 1030. The Labute approximate surface area is 186 Å². The maximum absolute atomic E-state index is 12.9. The lowest BCUT2D eigenvalue weighted by molar-refractivity contribution is -0.122. The van der Waals surface area contributed by atoms with Gasteiger partial charge in [-0.15, -0.1) is 0 Å². The van der Waals surface area contributed by atoms with E-state index in [1.54, 1.807) is 25.1 Å². The van der Waals surface area contributed by atoms with Crippen molar-refractivity contribution in [1.82, 2.24) is 5.32 Å². The van der Waals surface area contributed by atoms with Gasteiger partial charge in [-0.25, -0.2) is 8.42 Å². The van der Waals surface area contributed by atoms with Gasteiger partial charge in [0.05, 0.1) is 42.2 Å². The molecule has 2 rings (SSSR count). The van der Waals surface area contributed by atoms with E-state index in [1.807, 2.05) is 0 Å². The molecule has 164 valence electrons. The summed E-state index contributed by atoms with van der Waals surface area (Å²) in [4.78, 5) is 12.9. The molecule has 0 aliphatic heterocycles. The summed E-state index contributed by atoms with van der Waals surface area (Å²) in [6.45, 7) is 3.26. The van der Waals surface area contributed by atoms with Crippen molar-refractivity contribution in [2.24, 2.45) is 0 Å². The Morgan fingerprint density at radius 2 is 1.70 bits per heavy atom. The molecule has 0 saturated carbocycles. The zero-order chi connectivity index (χ0) is 22.6. The van der Waals surface area contributed by atoms with Gasteiger partial charge in [0.1, 0.15) is 17.5 Å². The van der Waals surface area contributed by atoms with Crippen LogP contribution in [0.25, 0.3) is 0 Å². The van der Waals surface area contributed by atoms with E-state index < -0.39 is 28.0 Å². The molecule has 0 spiro atoms. The molecule has 0 aromatic heterocycles. The predicted molar refractivity (Wildman–Crippen MR) is 119 cm³/mol. The second kappa shape index (κ2) is 9.76. The fourth-order valence-corrected chi connectivity index (χ4v) is 4.48. The topological polar surface area (TPSA) is 84.9 Å². The van der Waals surface area contributed by atoms with Gasteiger partial charge in [-0.3, -0.25) is 9.10 Å². The van der Waals surface area contributed by atoms with Crippen LogP contribution in [0.2, 0.25) is 10.0 Å². The molecule has 2 aromatic rings. The summed E-state index contributed by atoms with van der Waals surface area (Å²) in [5, 5.41) is 3.30. The Morgan fingerprint density at radius 1 is 1.03 bits per heavy atom. The molecule has 7 nitrogen and oxygen atoms in total. The van der Waals surface area contributed by atoms with Crippen LogP contribution in [-0.4, -0.2) is 40.8 Å². The number of carbonyl (C=O) groups excluding carboxylic acids is 1. The number of benzene rings is 2. The van der Waals surface area contributed by atoms with Crippen molar-refractivity contribution >= 4 is 44.8 Å². The summed E-state index contributed by atoms with van der Waals surface area (Å²) in [5.74, 6) is 0.679. The van der Waals surface area contributed by atoms with Crippen LogP contribution in [-0.2, 0) is 14.8 Å². The maximum atomic E-state index is 12.9. The number of carbonyl (C=O) groups is 1. The fraction of sp³-hybridized carbons (Fsp3) is 0.350. The van der Waals surface area contributed by atoms with Gasteiger partial charge in [0, 0.05) is 5.56 Å². The highest BCUT2D eigenvalue weighted by Gasteiger charge is 2.30. The van der Waals surface area contributed by atoms with E-state index in [0.717, 1.165) is 10.6 Å². The van der Waals surface area contributed by atoms with Gasteiger partial charge < -0.3 is 14.8 Å². The Hall–Kier alpha value is -2.16.